The molecule has 2 aromatic rings. The van der Waals surface area contributed by atoms with Crippen LogP contribution in [0.1, 0.15) is 40.7 Å². The van der Waals surface area contributed by atoms with Crippen LogP contribution >= 0.6 is 11.6 Å². The van der Waals surface area contributed by atoms with Crippen molar-refractivity contribution >= 4 is 17.5 Å². The van der Waals surface area contributed by atoms with Crippen molar-refractivity contribution in [3.8, 4) is 5.75 Å². The summed E-state index contributed by atoms with van der Waals surface area (Å²) in [6.45, 7) is 5.38. The number of carbonyl (C=O) groups is 1. The number of halogens is 1. The van der Waals surface area contributed by atoms with Gasteiger partial charge in [-0.1, -0.05) is 24.3 Å². The number of ether oxygens (including phenoxy) is 1. The van der Waals surface area contributed by atoms with Crippen LogP contribution in [-0.4, -0.2) is 31.0 Å². The first-order valence-corrected chi connectivity index (χ1v) is 8.21. The van der Waals surface area contributed by atoms with Crippen LogP contribution in [0.5, 0.6) is 5.75 Å². The molecule has 0 N–H and O–H groups in total. The number of rotatable bonds is 6. The number of alkyl halides is 1. The summed E-state index contributed by atoms with van der Waals surface area (Å²) in [5, 5.41) is -0.251. The maximum atomic E-state index is 12.3. The molecule has 0 aliphatic carbocycles. The lowest BCUT2D eigenvalue weighted by molar-refractivity contribution is 0.0773. The Morgan fingerprint density at radius 3 is 1.91 bits per heavy atom. The molecule has 0 bridgehead atoms. The number of benzene rings is 2. The first kappa shape index (κ1) is 17.4. The van der Waals surface area contributed by atoms with Gasteiger partial charge in [-0.05, 0) is 49.2 Å². The van der Waals surface area contributed by atoms with Gasteiger partial charge in [0.1, 0.15) is 5.75 Å². The maximum Gasteiger partial charge on any atom is 0.253 e. The Kier molecular flexibility index (Phi) is 6.05. The number of methoxy groups -OCH3 is 1. The Labute approximate surface area is 142 Å². The third kappa shape index (κ3) is 4.05. The average Bonchev–Trinajstić information content (AvgIpc) is 2.62. The van der Waals surface area contributed by atoms with Crippen LogP contribution in [0.4, 0.5) is 0 Å². The molecule has 2 aromatic carbocycles. The standard InChI is InChI=1S/C19H22ClNO2/c1-4-21(5-2)19(22)16-8-6-14(7-9-16)18(20)15-10-12-17(23-3)13-11-15/h6-13,18H,4-5H2,1-3H3. The van der Waals surface area contributed by atoms with Crippen molar-refractivity contribution in [3.05, 3.63) is 65.2 Å². The molecule has 0 heterocycles. The number of amides is 1. The minimum absolute atomic E-state index is 0.0529. The van der Waals surface area contributed by atoms with Gasteiger partial charge in [0, 0.05) is 18.7 Å². The lowest BCUT2D eigenvalue weighted by Gasteiger charge is -2.19. The number of carbonyl (C=O) groups excluding carboxylic acids is 1. The molecule has 1 amide bonds. The van der Waals surface area contributed by atoms with E-state index in [-0.39, 0.29) is 11.3 Å². The van der Waals surface area contributed by atoms with Gasteiger partial charge >= 0.3 is 0 Å². The van der Waals surface area contributed by atoms with Gasteiger partial charge in [0.05, 0.1) is 12.5 Å². The van der Waals surface area contributed by atoms with Crippen LogP contribution < -0.4 is 4.74 Å². The second-order valence-electron chi connectivity index (χ2n) is 5.24. The molecule has 3 nitrogen and oxygen atoms in total. The van der Waals surface area contributed by atoms with Gasteiger partial charge in [0.15, 0.2) is 0 Å². The molecule has 0 aliphatic heterocycles. The third-order valence-electron chi connectivity index (χ3n) is 3.91. The van der Waals surface area contributed by atoms with E-state index in [1.807, 2.05) is 62.4 Å². The Bertz CT molecular complexity index is 633. The number of nitrogens with zero attached hydrogens (tertiary/aromatic N) is 1. The molecule has 0 fully saturated rings. The van der Waals surface area contributed by atoms with Crippen molar-refractivity contribution < 1.29 is 9.53 Å². The zero-order chi connectivity index (χ0) is 16.8. The summed E-state index contributed by atoms with van der Waals surface area (Å²) < 4.78 is 5.16. The second kappa shape index (κ2) is 8.02. The molecule has 0 radical (unpaired) electrons. The largest absolute Gasteiger partial charge is 0.497 e. The van der Waals surface area contributed by atoms with Crippen molar-refractivity contribution in [2.45, 2.75) is 19.2 Å². The quantitative estimate of drug-likeness (QED) is 0.729. The highest BCUT2D eigenvalue weighted by molar-refractivity contribution is 6.22. The van der Waals surface area contributed by atoms with Gasteiger partial charge in [-0.25, -0.2) is 0 Å². The molecule has 4 heteroatoms. The summed E-state index contributed by atoms with van der Waals surface area (Å²) in [6.07, 6.45) is 0. The van der Waals surface area contributed by atoms with Gasteiger partial charge in [-0.15, -0.1) is 11.6 Å². The molecule has 1 atom stereocenters. The van der Waals surface area contributed by atoms with E-state index >= 15 is 0 Å². The van der Waals surface area contributed by atoms with E-state index in [1.54, 1.807) is 12.0 Å². The van der Waals surface area contributed by atoms with E-state index in [0.29, 0.717) is 18.7 Å². The van der Waals surface area contributed by atoms with E-state index in [2.05, 4.69) is 0 Å². The Hall–Kier alpha value is -2.00. The fraction of sp³-hybridized carbons (Fsp3) is 0.316. The maximum absolute atomic E-state index is 12.3. The van der Waals surface area contributed by atoms with Crippen LogP contribution in [0.2, 0.25) is 0 Å². The highest BCUT2D eigenvalue weighted by Gasteiger charge is 2.15. The summed E-state index contributed by atoms with van der Waals surface area (Å²) in [4.78, 5) is 14.1. The van der Waals surface area contributed by atoms with Crippen molar-refractivity contribution in [1.82, 2.24) is 4.90 Å². The lowest BCUT2D eigenvalue weighted by atomic mass is 10.0. The fourth-order valence-corrected chi connectivity index (χ4v) is 2.74. The molecule has 0 aliphatic rings. The van der Waals surface area contributed by atoms with Crippen LogP contribution in [0.15, 0.2) is 48.5 Å². The fourth-order valence-electron chi connectivity index (χ4n) is 2.45. The van der Waals surface area contributed by atoms with Gasteiger partial charge in [0.25, 0.3) is 5.91 Å². The smallest absolute Gasteiger partial charge is 0.253 e. The summed E-state index contributed by atoms with van der Waals surface area (Å²) in [6, 6.07) is 15.2. The Morgan fingerprint density at radius 2 is 1.48 bits per heavy atom. The minimum atomic E-state index is -0.251. The molecule has 122 valence electrons. The summed E-state index contributed by atoms with van der Waals surface area (Å²) in [7, 11) is 1.64. The minimum Gasteiger partial charge on any atom is -0.497 e. The van der Waals surface area contributed by atoms with Crippen LogP contribution in [0, 0.1) is 0 Å². The first-order valence-electron chi connectivity index (χ1n) is 7.78. The monoisotopic (exact) mass is 331 g/mol. The summed E-state index contributed by atoms with van der Waals surface area (Å²) in [5.41, 5.74) is 2.65. The van der Waals surface area contributed by atoms with E-state index in [9.17, 15) is 4.79 Å². The van der Waals surface area contributed by atoms with Crippen LogP contribution in [0.3, 0.4) is 0 Å². The van der Waals surface area contributed by atoms with Crippen molar-refractivity contribution in [1.29, 1.82) is 0 Å². The normalized spacial score (nSPS) is 11.8. The Balaban J connectivity index is 2.16. The lowest BCUT2D eigenvalue weighted by Crippen LogP contribution is -2.30. The molecule has 0 saturated carbocycles. The van der Waals surface area contributed by atoms with Crippen molar-refractivity contribution in [2.24, 2.45) is 0 Å². The second-order valence-corrected chi connectivity index (χ2v) is 5.67. The zero-order valence-corrected chi connectivity index (χ0v) is 14.5. The van der Waals surface area contributed by atoms with Gasteiger partial charge in [-0.3, -0.25) is 4.79 Å². The number of hydrogen-bond donors (Lipinski definition) is 0. The third-order valence-corrected chi connectivity index (χ3v) is 4.41. The summed E-state index contributed by atoms with van der Waals surface area (Å²) in [5.74, 6) is 0.856. The van der Waals surface area contributed by atoms with E-state index in [0.717, 1.165) is 16.9 Å². The van der Waals surface area contributed by atoms with Crippen molar-refractivity contribution in [2.75, 3.05) is 20.2 Å². The number of hydrogen-bond acceptors (Lipinski definition) is 2. The molecular formula is C19H22ClNO2. The molecule has 2 rings (SSSR count). The SMILES string of the molecule is CCN(CC)C(=O)c1ccc(C(Cl)c2ccc(OC)cc2)cc1. The summed E-state index contributed by atoms with van der Waals surface area (Å²) >= 11 is 6.54. The van der Waals surface area contributed by atoms with E-state index < -0.39 is 0 Å². The predicted molar refractivity (Wildman–Crippen MR) is 94.4 cm³/mol. The average molecular weight is 332 g/mol. The molecule has 0 aromatic heterocycles. The van der Waals surface area contributed by atoms with E-state index in [4.69, 9.17) is 16.3 Å². The molecular weight excluding hydrogens is 310 g/mol. The topological polar surface area (TPSA) is 29.5 Å². The predicted octanol–water partition coefficient (Wildman–Crippen LogP) is 4.51. The molecule has 1 unspecified atom stereocenters. The van der Waals surface area contributed by atoms with E-state index in [1.165, 1.54) is 0 Å². The van der Waals surface area contributed by atoms with Gasteiger partial charge in [0.2, 0.25) is 0 Å². The first-order chi connectivity index (χ1) is 11.1. The van der Waals surface area contributed by atoms with Crippen LogP contribution in [0.25, 0.3) is 0 Å². The molecule has 23 heavy (non-hydrogen) atoms. The zero-order valence-electron chi connectivity index (χ0n) is 13.8. The molecule has 0 saturated heterocycles. The highest BCUT2D eigenvalue weighted by atomic mass is 35.5. The van der Waals surface area contributed by atoms with Gasteiger partial charge in [-0.2, -0.15) is 0 Å². The van der Waals surface area contributed by atoms with Crippen LogP contribution in [-0.2, 0) is 0 Å². The van der Waals surface area contributed by atoms with Gasteiger partial charge < -0.3 is 9.64 Å². The molecule has 0 spiro atoms. The Morgan fingerprint density at radius 1 is 1.00 bits per heavy atom. The highest BCUT2D eigenvalue weighted by Crippen LogP contribution is 2.30. The van der Waals surface area contributed by atoms with Crippen molar-refractivity contribution in [3.63, 3.8) is 0 Å².